The Balaban J connectivity index is 2.06. The van der Waals surface area contributed by atoms with Gasteiger partial charge in [-0.3, -0.25) is 14.9 Å². The largest absolute Gasteiger partial charge is 0.322 e. The van der Waals surface area contributed by atoms with Gasteiger partial charge in [-0.1, -0.05) is 0 Å². The van der Waals surface area contributed by atoms with Crippen molar-refractivity contribution in [1.29, 1.82) is 0 Å². The molecule has 0 saturated carbocycles. The first-order valence-corrected chi connectivity index (χ1v) is 6.77. The molecule has 1 heterocycles. The van der Waals surface area contributed by atoms with Crippen LogP contribution in [0.1, 0.15) is 11.1 Å². The van der Waals surface area contributed by atoms with Crippen molar-refractivity contribution >= 4 is 34.7 Å². The fourth-order valence-electron chi connectivity index (χ4n) is 1.62. The minimum Gasteiger partial charge on any atom is -0.322 e. The number of hydrogen-bond acceptors (Lipinski definition) is 4. The average molecular weight is 288 g/mol. The van der Waals surface area contributed by atoms with E-state index in [0.29, 0.717) is 11.3 Å². The lowest BCUT2D eigenvalue weighted by Crippen LogP contribution is -2.09. The molecule has 0 spiro atoms. The van der Waals surface area contributed by atoms with Gasteiger partial charge >= 0.3 is 0 Å². The number of anilines is 1. The number of non-ortho nitro benzene ring substituents is 1. The van der Waals surface area contributed by atoms with Crippen molar-refractivity contribution in [3.05, 3.63) is 62.3 Å². The summed E-state index contributed by atoms with van der Waals surface area (Å²) in [6, 6.07) is 6.23. The van der Waals surface area contributed by atoms with E-state index in [1.54, 1.807) is 24.3 Å². The number of benzene rings is 1. The van der Waals surface area contributed by atoms with E-state index in [4.69, 9.17) is 0 Å². The summed E-state index contributed by atoms with van der Waals surface area (Å²) < 4.78 is 0. The predicted octanol–water partition coefficient (Wildman–Crippen LogP) is 3.62. The molecule has 0 aliphatic heterocycles. The van der Waals surface area contributed by atoms with E-state index in [1.165, 1.54) is 24.3 Å². The lowest BCUT2D eigenvalue weighted by atomic mass is 10.2. The van der Waals surface area contributed by atoms with Gasteiger partial charge in [0.2, 0.25) is 5.91 Å². The van der Waals surface area contributed by atoms with E-state index in [-0.39, 0.29) is 11.6 Å². The smallest absolute Gasteiger partial charge is 0.269 e. The Morgan fingerprint density at radius 3 is 2.80 bits per heavy atom. The third-order valence-electron chi connectivity index (χ3n) is 2.65. The van der Waals surface area contributed by atoms with Crippen LogP contribution >= 0.6 is 11.3 Å². The molecule has 1 aromatic heterocycles. The normalized spacial score (nSPS) is 10.7. The number of hydrogen-bond donors (Lipinski definition) is 1. The Morgan fingerprint density at radius 1 is 1.40 bits per heavy atom. The van der Waals surface area contributed by atoms with Crippen LogP contribution < -0.4 is 5.32 Å². The van der Waals surface area contributed by atoms with E-state index >= 15 is 0 Å². The third-order valence-corrected chi connectivity index (χ3v) is 3.35. The van der Waals surface area contributed by atoms with E-state index in [9.17, 15) is 14.9 Å². The molecule has 1 aromatic carbocycles. The highest BCUT2D eigenvalue weighted by molar-refractivity contribution is 7.08. The summed E-state index contributed by atoms with van der Waals surface area (Å²) in [5, 5.41) is 17.2. The number of nitrogens with zero attached hydrogens (tertiary/aromatic N) is 1. The monoisotopic (exact) mass is 288 g/mol. The number of thiophene rings is 1. The Bertz CT molecular complexity index is 663. The minimum atomic E-state index is -0.463. The van der Waals surface area contributed by atoms with Gasteiger partial charge in [0.05, 0.1) is 4.92 Å². The van der Waals surface area contributed by atoms with Gasteiger partial charge in [0.15, 0.2) is 0 Å². The topological polar surface area (TPSA) is 72.2 Å². The predicted molar refractivity (Wildman–Crippen MR) is 79.8 cm³/mol. The van der Waals surface area contributed by atoms with Crippen molar-refractivity contribution < 1.29 is 9.72 Å². The lowest BCUT2D eigenvalue weighted by Gasteiger charge is -2.05. The number of nitrogens with one attached hydrogen (secondary N) is 1. The SMILES string of the molecule is Cc1cc([N+](=O)[O-])ccc1NC(=O)C=Cc1ccsc1. The van der Waals surface area contributed by atoms with Gasteiger partial charge in [-0.05, 0) is 47.0 Å². The molecule has 0 atom stereocenters. The van der Waals surface area contributed by atoms with Gasteiger partial charge < -0.3 is 5.32 Å². The molecule has 0 saturated heterocycles. The zero-order chi connectivity index (χ0) is 14.5. The third kappa shape index (κ3) is 3.52. The maximum Gasteiger partial charge on any atom is 0.269 e. The molecule has 1 amide bonds. The minimum absolute atomic E-state index is 0.00862. The summed E-state index contributed by atoms with van der Waals surface area (Å²) in [4.78, 5) is 21.9. The Labute approximate surface area is 119 Å². The number of nitro groups is 1. The standard InChI is InChI=1S/C14H12N2O3S/c1-10-8-12(16(18)19)3-4-13(10)15-14(17)5-2-11-6-7-20-9-11/h2-9H,1H3,(H,15,17). The highest BCUT2D eigenvalue weighted by Gasteiger charge is 2.08. The maximum atomic E-state index is 11.8. The van der Waals surface area contributed by atoms with Crippen LogP contribution in [0, 0.1) is 17.0 Å². The molecule has 20 heavy (non-hydrogen) atoms. The molecule has 5 nitrogen and oxygen atoms in total. The average Bonchev–Trinajstić information content (AvgIpc) is 2.91. The molecular formula is C14H12N2O3S. The van der Waals surface area contributed by atoms with Crippen molar-refractivity contribution in [3.8, 4) is 0 Å². The van der Waals surface area contributed by atoms with Gasteiger partial charge in [-0.2, -0.15) is 11.3 Å². The fraction of sp³-hybridized carbons (Fsp3) is 0.0714. The van der Waals surface area contributed by atoms with Crippen LogP contribution in [-0.4, -0.2) is 10.8 Å². The van der Waals surface area contributed by atoms with Crippen LogP contribution in [0.4, 0.5) is 11.4 Å². The first-order chi connectivity index (χ1) is 9.56. The number of aryl methyl sites for hydroxylation is 1. The van der Waals surface area contributed by atoms with Gasteiger partial charge in [0.25, 0.3) is 5.69 Å². The van der Waals surface area contributed by atoms with Crippen LogP contribution in [0.25, 0.3) is 6.08 Å². The highest BCUT2D eigenvalue weighted by Crippen LogP contribution is 2.21. The maximum absolute atomic E-state index is 11.8. The summed E-state index contributed by atoms with van der Waals surface area (Å²) in [5.74, 6) is -0.270. The number of amides is 1. The second-order valence-corrected chi connectivity index (χ2v) is 4.92. The summed E-state index contributed by atoms with van der Waals surface area (Å²) in [5.41, 5.74) is 2.19. The van der Waals surface area contributed by atoms with Crippen molar-refractivity contribution in [1.82, 2.24) is 0 Å². The van der Waals surface area contributed by atoms with Gasteiger partial charge in [-0.15, -0.1) is 0 Å². The highest BCUT2D eigenvalue weighted by atomic mass is 32.1. The van der Waals surface area contributed by atoms with Crippen LogP contribution in [-0.2, 0) is 4.79 Å². The van der Waals surface area contributed by atoms with Gasteiger partial charge in [-0.25, -0.2) is 0 Å². The summed E-state index contributed by atoms with van der Waals surface area (Å²) in [6.45, 7) is 1.71. The van der Waals surface area contributed by atoms with Crippen LogP contribution in [0.15, 0.2) is 41.1 Å². The number of carbonyl (C=O) groups excluding carboxylic acids is 1. The molecule has 102 valence electrons. The van der Waals surface area contributed by atoms with E-state index in [0.717, 1.165) is 5.56 Å². The molecule has 0 radical (unpaired) electrons. The van der Waals surface area contributed by atoms with Crippen LogP contribution in [0.3, 0.4) is 0 Å². The second-order valence-electron chi connectivity index (χ2n) is 4.14. The van der Waals surface area contributed by atoms with Crippen molar-refractivity contribution in [2.45, 2.75) is 6.92 Å². The fourth-order valence-corrected chi connectivity index (χ4v) is 2.25. The van der Waals surface area contributed by atoms with E-state index in [2.05, 4.69) is 5.32 Å². The van der Waals surface area contributed by atoms with Crippen molar-refractivity contribution in [2.24, 2.45) is 0 Å². The molecule has 0 aliphatic carbocycles. The van der Waals surface area contributed by atoms with Crippen molar-refractivity contribution in [3.63, 3.8) is 0 Å². The van der Waals surface area contributed by atoms with E-state index < -0.39 is 4.92 Å². The zero-order valence-electron chi connectivity index (χ0n) is 10.7. The zero-order valence-corrected chi connectivity index (χ0v) is 11.5. The van der Waals surface area contributed by atoms with Gasteiger partial charge in [0.1, 0.15) is 0 Å². The first kappa shape index (κ1) is 14.0. The molecule has 0 fully saturated rings. The van der Waals surface area contributed by atoms with Crippen LogP contribution in [0.5, 0.6) is 0 Å². The Kier molecular flexibility index (Phi) is 4.27. The lowest BCUT2D eigenvalue weighted by molar-refractivity contribution is -0.384. The Hall–Kier alpha value is -2.47. The van der Waals surface area contributed by atoms with E-state index in [1.807, 2.05) is 16.8 Å². The number of nitro benzene ring substituents is 1. The molecule has 2 rings (SSSR count). The Morgan fingerprint density at radius 2 is 2.20 bits per heavy atom. The molecule has 0 unspecified atom stereocenters. The molecule has 0 bridgehead atoms. The second kappa shape index (κ2) is 6.12. The van der Waals surface area contributed by atoms with Gasteiger partial charge in [0, 0.05) is 23.9 Å². The molecular weight excluding hydrogens is 276 g/mol. The molecule has 6 heteroatoms. The molecule has 0 aliphatic rings. The van der Waals surface area contributed by atoms with Crippen LogP contribution in [0.2, 0.25) is 0 Å². The summed E-state index contributed by atoms with van der Waals surface area (Å²) in [6.07, 6.45) is 3.15. The van der Waals surface area contributed by atoms with Crippen molar-refractivity contribution in [2.75, 3.05) is 5.32 Å². The quantitative estimate of drug-likeness (QED) is 0.530. The molecule has 2 aromatic rings. The first-order valence-electron chi connectivity index (χ1n) is 5.82. The number of rotatable bonds is 4. The molecule has 1 N–H and O–H groups in total. The summed E-state index contributed by atoms with van der Waals surface area (Å²) in [7, 11) is 0. The number of carbonyl (C=O) groups is 1. The summed E-state index contributed by atoms with van der Waals surface area (Å²) >= 11 is 1.56.